The van der Waals surface area contributed by atoms with Crippen molar-refractivity contribution in [1.82, 2.24) is 10.3 Å². The minimum absolute atomic E-state index is 0.294. The van der Waals surface area contributed by atoms with Gasteiger partial charge in [0, 0.05) is 20.2 Å². The van der Waals surface area contributed by atoms with E-state index in [2.05, 4.69) is 15.2 Å². The molecule has 1 aromatic heterocycles. The number of likely N-dealkylation sites (N-methyl/N-ethyl adjacent to an activating group) is 1. The van der Waals surface area contributed by atoms with Gasteiger partial charge in [-0.3, -0.25) is 0 Å². The molecule has 0 amide bonds. The molecule has 18 heavy (non-hydrogen) atoms. The van der Waals surface area contributed by atoms with Crippen molar-refractivity contribution in [3.05, 3.63) is 12.1 Å². The largest absolute Gasteiger partial charge is 0.397 e. The number of fused-ring (bicyclic) bond motifs is 1. The summed E-state index contributed by atoms with van der Waals surface area (Å²) in [4.78, 5) is 2.11. The number of ether oxygens (including phenoxy) is 1. The summed E-state index contributed by atoms with van der Waals surface area (Å²) in [6, 6.07) is 3.77. The molecule has 1 aliphatic rings. The van der Waals surface area contributed by atoms with Crippen molar-refractivity contribution >= 4 is 22.4 Å². The molecule has 1 unspecified atom stereocenters. The van der Waals surface area contributed by atoms with Crippen LogP contribution < -0.4 is 10.6 Å². The molecule has 1 aromatic carbocycles. The molecular weight excluding hydrogens is 232 g/mol. The number of benzene rings is 1. The zero-order valence-electron chi connectivity index (χ0n) is 10.3. The van der Waals surface area contributed by atoms with Crippen LogP contribution in [0, 0.1) is 0 Å². The Hall–Kier alpha value is -1.82. The lowest BCUT2D eigenvalue weighted by atomic mass is 10.2. The van der Waals surface area contributed by atoms with Crippen LogP contribution in [-0.2, 0) is 4.74 Å². The van der Waals surface area contributed by atoms with Crippen molar-refractivity contribution in [1.29, 1.82) is 0 Å². The lowest BCUT2D eigenvalue weighted by Crippen LogP contribution is -2.28. The molecule has 3 rings (SSSR count). The second-order valence-corrected chi connectivity index (χ2v) is 4.65. The zero-order valence-corrected chi connectivity index (χ0v) is 10.3. The molecule has 2 aromatic rings. The van der Waals surface area contributed by atoms with Crippen molar-refractivity contribution in [2.45, 2.75) is 18.9 Å². The Labute approximate surface area is 105 Å². The number of hydrogen-bond donors (Lipinski definition) is 1. The van der Waals surface area contributed by atoms with E-state index in [4.69, 9.17) is 15.1 Å². The summed E-state index contributed by atoms with van der Waals surface area (Å²) in [5.41, 5.74) is 8.70. The number of rotatable bonds is 3. The second kappa shape index (κ2) is 4.45. The summed E-state index contributed by atoms with van der Waals surface area (Å²) in [7, 11) is 2.02. The van der Waals surface area contributed by atoms with Gasteiger partial charge in [-0.2, -0.15) is 0 Å². The third-order valence-electron chi connectivity index (χ3n) is 3.34. The summed E-state index contributed by atoms with van der Waals surface area (Å²) in [6.45, 7) is 1.70. The molecule has 0 saturated carbocycles. The van der Waals surface area contributed by atoms with Crippen molar-refractivity contribution in [2.24, 2.45) is 0 Å². The Balaban J connectivity index is 1.88. The highest BCUT2D eigenvalue weighted by atomic mass is 16.6. The zero-order chi connectivity index (χ0) is 12.5. The van der Waals surface area contributed by atoms with Crippen molar-refractivity contribution in [2.75, 3.05) is 30.8 Å². The summed E-state index contributed by atoms with van der Waals surface area (Å²) >= 11 is 0. The van der Waals surface area contributed by atoms with Gasteiger partial charge in [0.2, 0.25) is 0 Å². The summed E-state index contributed by atoms with van der Waals surface area (Å²) in [5.74, 6) is 0. The van der Waals surface area contributed by atoms with Crippen LogP contribution >= 0.6 is 0 Å². The van der Waals surface area contributed by atoms with E-state index >= 15 is 0 Å². The van der Waals surface area contributed by atoms with E-state index in [9.17, 15) is 0 Å². The van der Waals surface area contributed by atoms with E-state index in [0.717, 1.165) is 31.7 Å². The quantitative estimate of drug-likeness (QED) is 0.828. The number of nitrogens with two attached hydrogens (primary N) is 1. The van der Waals surface area contributed by atoms with Crippen LogP contribution in [0.2, 0.25) is 0 Å². The molecule has 1 saturated heterocycles. The highest BCUT2D eigenvalue weighted by molar-refractivity contribution is 5.95. The standard InChI is InChI=1S/C12H16N4O2/c1-16(7-8-3-2-6-17-8)10-5-4-9(13)11-12(10)15-18-14-11/h4-5,8H,2-3,6-7,13H2,1H3. The second-order valence-electron chi connectivity index (χ2n) is 4.65. The monoisotopic (exact) mass is 248 g/mol. The third-order valence-corrected chi connectivity index (χ3v) is 3.34. The van der Waals surface area contributed by atoms with Gasteiger partial charge in [-0.15, -0.1) is 0 Å². The minimum atomic E-state index is 0.294. The van der Waals surface area contributed by atoms with E-state index in [0.29, 0.717) is 22.8 Å². The Morgan fingerprint density at radius 1 is 1.39 bits per heavy atom. The SMILES string of the molecule is CN(CC1CCCO1)c1ccc(N)c2nonc12. The Bertz CT molecular complexity index is 548. The van der Waals surface area contributed by atoms with Gasteiger partial charge in [0.05, 0.1) is 17.5 Å². The van der Waals surface area contributed by atoms with E-state index < -0.39 is 0 Å². The Morgan fingerprint density at radius 3 is 3.00 bits per heavy atom. The summed E-state index contributed by atoms with van der Waals surface area (Å²) < 4.78 is 10.4. The van der Waals surface area contributed by atoms with Crippen LogP contribution in [0.25, 0.3) is 11.0 Å². The maximum absolute atomic E-state index is 5.83. The average Bonchev–Trinajstić information content (AvgIpc) is 2.99. The van der Waals surface area contributed by atoms with E-state index in [1.807, 2.05) is 19.2 Å². The summed E-state index contributed by atoms with van der Waals surface area (Å²) in [6.07, 6.45) is 2.54. The minimum Gasteiger partial charge on any atom is -0.397 e. The predicted molar refractivity (Wildman–Crippen MR) is 68.5 cm³/mol. The molecule has 0 aliphatic carbocycles. The number of hydrogen-bond acceptors (Lipinski definition) is 6. The molecule has 1 atom stereocenters. The third kappa shape index (κ3) is 1.88. The van der Waals surface area contributed by atoms with E-state index in [-0.39, 0.29) is 0 Å². The molecular formula is C12H16N4O2. The first-order valence-corrected chi connectivity index (χ1v) is 6.09. The van der Waals surface area contributed by atoms with Gasteiger partial charge < -0.3 is 15.4 Å². The molecule has 96 valence electrons. The van der Waals surface area contributed by atoms with Gasteiger partial charge in [-0.25, -0.2) is 4.63 Å². The molecule has 6 nitrogen and oxygen atoms in total. The highest BCUT2D eigenvalue weighted by Gasteiger charge is 2.20. The molecule has 6 heteroatoms. The fourth-order valence-corrected chi connectivity index (χ4v) is 2.37. The van der Waals surface area contributed by atoms with E-state index in [1.54, 1.807) is 0 Å². The van der Waals surface area contributed by atoms with Crippen LogP contribution in [0.15, 0.2) is 16.8 Å². The maximum atomic E-state index is 5.83. The highest BCUT2D eigenvalue weighted by Crippen LogP contribution is 2.28. The number of nitrogens with zero attached hydrogens (tertiary/aromatic N) is 3. The molecule has 0 radical (unpaired) electrons. The average molecular weight is 248 g/mol. The maximum Gasteiger partial charge on any atom is 0.160 e. The Kier molecular flexibility index (Phi) is 2.79. The van der Waals surface area contributed by atoms with Crippen LogP contribution in [0.4, 0.5) is 11.4 Å². The molecule has 1 aliphatic heterocycles. The number of aromatic nitrogens is 2. The number of nitrogen functional groups attached to an aromatic ring is 1. The topological polar surface area (TPSA) is 77.4 Å². The van der Waals surface area contributed by atoms with Gasteiger partial charge in [-0.1, -0.05) is 0 Å². The van der Waals surface area contributed by atoms with Crippen molar-refractivity contribution < 1.29 is 9.37 Å². The van der Waals surface area contributed by atoms with Crippen molar-refractivity contribution in [3.8, 4) is 0 Å². The van der Waals surface area contributed by atoms with Crippen LogP contribution in [0.5, 0.6) is 0 Å². The van der Waals surface area contributed by atoms with Crippen LogP contribution in [-0.4, -0.2) is 36.6 Å². The van der Waals surface area contributed by atoms with Crippen LogP contribution in [0.3, 0.4) is 0 Å². The first kappa shape index (κ1) is 11.3. The first-order valence-electron chi connectivity index (χ1n) is 6.09. The van der Waals surface area contributed by atoms with Gasteiger partial charge in [0.15, 0.2) is 11.0 Å². The van der Waals surface area contributed by atoms with Gasteiger partial charge in [0.25, 0.3) is 0 Å². The molecule has 2 N–H and O–H groups in total. The molecule has 0 bridgehead atoms. The predicted octanol–water partition coefficient (Wildman–Crippen LogP) is 1.42. The lowest BCUT2D eigenvalue weighted by molar-refractivity contribution is 0.116. The smallest absolute Gasteiger partial charge is 0.160 e. The first-order chi connectivity index (χ1) is 8.75. The van der Waals surface area contributed by atoms with Crippen molar-refractivity contribution in [3.63, 3.8) is 0 Å². The van der Waals surface area contributed by atoms with Gasteiger partial charge in [0.1, 0.15) is 0 Å². The normalized spacial score (nSPS) is 19.5. The van der Waals surface area contributed by atoms with E-state index in [1.165, 1.54) is 0 Å². The summed E-state index contributed by atoms with van der Waals surface area (Å²) in [5, 5.41) is 7.75. The lowest BCUT2D eigenvalue weighted by Gasteiger charge is -2.22. The molecule has 1 fully saturated rings. The van der Waals surface area contributed by atoms with Gasteiger partial charge >= 0.3 is 0 Å². The fourth-order valence-electron chi connectivity index (χ4n) is 2.37. The van der Waals surface area contributed by atoms with Gasteiger partial charge in [-0.05, 0) is 35.3 Å². The fraction of sp³-hybridized carbons (Fsp3) is 0.500. The van der Waals surface area contributed by atoms with Crippen LogP contribution in [0.1, 0.15) is 12.8 Å². The Morgan fingerprint density at radius 2 is 2.22 bits per heavy atom. The molecule has 2 heterocycles. The molecule has 0 spiro atoms. The number of anilines is 2.